The van der Waals surface area contributed by atoms with Gasteiger partial charge in [-0.3, -0.25) is 0 Å². The summed E-state index contributed by atoms with van der Waals surface area (Å²) in [6.07, 6.45) is 0. The lowest BCUT2D eigenvalue weighted by molar-refractivity contribution is 1.04. The molecular formula is C13H11BrCl2N2S. The summed E-state index contributed by atoms with van der Waals surface area (Å²) in [4.78, 5) is 8.63. The summed E-state index contributed by atoms with van der Waals surface area (Å²) in [6, 6.07) is 7.72. The third-order valence-corrected chi connectivity index (χ3v) is 4.55. The summed E-state index contributed by atoms with van der Waals surface area (Å²) in [5.41, 5.74) is 1.56. The molecular weight excluding hydrogens is 367 g/mol. The molecule has 2 nitrogen and oxygen atoms in total. The molecule has 0 fully saturated rings. The number of hydrogen-bond donors (Lipinski definition) is 0. The van der Waals surface area contributed by atoms with Crippen LogP contribution in [-0.2, 0) is 5.75 Å². The molecule has 100 valence electrons. The van der Waals surface area contributed by atoms with Crippen molar-refractivity contribution >= 4 is 50.9 Å². The average molecular weight is 378 g/mol. The van der Waals surface area contributed by atoms with E-state index in [0.29, 0.717) is 27.4 Å². The summed E-state index contributed by atoms with van der Waals surface area (Å²) < 4.78 is 0.915. The van der Waals surface area contributed by atoms with Gasteiger partial charge in [0.1, 0.15) is 16.1 Å². The normalized spacial score (nSPS) is 10.7. The quantitative estimate of drug-likeness (QED) is 0.661. The van der Waals surface area contributed by atoms with E-state index in [2.05, 4.69) is 32.8 Å². The van der Waals surface area contributed by atoms with Gasteiger partial charge in [0.25, 0.3) is 0 Å². The Kier molecular flexibility index (Phi) is 5.51. The van der Waals surface area contributed by atoms with Gasteiger partial charge in [0.05, 0.1) is 11.3 Å². The van der Waals surface area contributed by atoms with Crippen molar-refractivity contribution in [1.29, 1.82) is 0 Å². The molecule has 0 atom stereocenters. The first-order valence-electron chi connectivity index (χ1n) is 5.68. The Balaban J connectivity index is 2.45. The van der Waals surface area contributed by atoms with Gasteiger partial charge in [-0.25, -0.2) is 9.97 Å². The highest BCUT2D eigenvalue weighted by atomic mass is 79.9. The Bertz CT molecular complexity index is 570. The first-order chi connectivity index (χ1) is 9.13. The molecule has 2 rings (SSSR count). The molecule has 0 saturated carbocycles. The van der Waals surface area contributed by atoms with E-state index in [9.17, 15) is 0 Å². The molecule has 19 heavy (non-hydrogen) atoms. The second-order valence-electron chi connectivity index (χ2n) is 3.71. The van der Waals surface area contributed by atoms with Crippen molar-refractivity contribution in [3.8, 4) is 11.1 Å². The highest BCUT2D eigenvalue weighted by molar-refractivity contribution is 9.10. The predicted molar refractivity (Wildman–Crippen MR) is 87.0 cm³/mol. The Labute approximate surface area is 135 Å². The number of hydrogen-bond acceptors (Lipinski definition) is 3. The maximum atomic E-state index is 6.25. The number of aromatic nitrogens is 2. The molecule has 2 aromatic rings. The lowest BCUT2D eigenvalue weighted by Gasteiger charge is -2.09. The van der Waals surface area contributed by atoms with E-state index in [1.807, 2.05) is 24.3 Å². The smallest absolute Gasteiger partial charge is 0.142 e. The minimum absolute atomic E-state index is 0.388. The minimum atomic E-state index is 0.388. The highest BCUT2D eigenvalue weighted by Gasteiger charge is 2.15. The van der Waals surface area contributed by atoms with Crippen molar-refractivity contribution in [2.45, 2.75) is 12.7 Å². The number of thioether (sulfide) groups is 1. The summed E-state index contributed by atoms with van der Waals surface area (Å²) in [7, 11) is 0. The van der Waals surface area contributed by atoms with Crippen LogP contribution < -0.4 is 0 Å². The van der Waals surface area contributed by atoms with Crippen LogP contribution in [0.2, 0.25) is 10.3 Å². The van der Waals surface area contributed by atoms with Gasteiger partial charge in [-0.1, -0.05) is 64.3 Å². The van der Waals surface area contributed by atoms with Gasteiger partial charge in [0, 0.05) is 10.0 Å². The van der Waals surface area contributed by atoms with Crippen molar-refractivity contribution in [1.82, 2.24) is 9.97 Å². The number of nitrogens with zero attached hydrogens (tertiary/aromatic N) is 2. The van der Waals surface area contributed by atoms with Crippen LogP contribution in [0.15, 0.2) is 28.7 Å². The van der Waals surface area contributed by atoms with E-state index in [-0.39, 0.29) is 0 Å². The molecule has 0 amide bonds. The third kappa shape index (κ3) is 3.63. The molecule has 0 aliphatic rings. The Morgan fingerprint density at radius 2 is 1.79 bits per heavy atom. The minimum Gasteiger partial charge on any atom is -0.220 e. The van der Waals surface area contributed by atoms with Crippen molar-refractivity contribution in [2.24, 2.45) is 0 Å². The van der Waals surface area contributed by atoms with Crippen LogP contribution in [0.5, 0.6) is 0 Å². The topological polar surface area (TPSA) is 25.8 Å². The average Bonchev–Trinajstić information content (AvgIpc) is 2.38. The van der Waals surface area contributed by atoms with Gasteiger partial charge in [0.2, 0.25) is 0 Å². The maximum Gasteiger partial charge on any atom is 0.142 e. The summed E-state index contributed by atoms with van der Waals surface area (Å²) in [6.45, 7) is 2.09. The first-order valence-corrected chi connectivity index (χ1v) is 8.38. The molecule has 1 aromatic heterocycles. The number of benzene rings is 1. The lowest BCUT2D eigenvalue weighted by atomic mass is 10.1. The fourth-order valence-corrected chi connectivity index (χ4v) is 3.22. The number of rotatable bonds is 4. The van der Waals surface area contributed by atoms with E-state index in [0.717, 1.165) is 15.8 Å². The van der Waals surface area contributed by atoms with Crippen LogP contribution >= 0.6 is 50.9 Å². The lowest BCUT2D eigenvalue weighted by Crippen LogP contribution is -1.97. The van der Waals surface area contributed by atoms with E-state index in [1.54, 1.807) is 11.8 Å². The highest BCUT2D eigenvalue weighted by Crippen LogP contribution is 2.36. The van der Waals surface area contributed by atoms with Crippen LogP contribution in [0.1, 0.15) is 12.7 Å². The van der Waals surface area contributed by atoms with Gasteiger partial charge >= 0.3 is 0 Å². The fraction of sp³-hybridized carbons (Fsp3) is 0.231. The van der Waals surface area contributed by atoms with Gasteiger partial charge < -0.3 is 0 Å². The van der Waals surface area contributed by atoms with E-state index >= 15 is 0 Å². The van der Waals surface area contributed by atoms with E-state index in [4.69, 9.17) is 23.2 Å². The molecule has 0 aliphatic heterocycles. The van der Waals surface area contributed by atoms with Gasteiger partial charge in [-0.05, 0) is 11.8 Å². The summed E-state index contributed by atoms with van der Waals surface area (Å²) in [5, 5.41) is 0.775. The van der Waals surface area contributed by atoms with E-state index in [1.165, 1.54) is 0 Å². The van der Waals surface area contributed by atoms with Crippen molar-refractivity contribution in [2.75, 3.05) is 5.75 Å². The Hall–Kier alpha value is -0.290. The van der Waals surface area contributed by atoms with Crippen molar-refractivity contribution in [3.63, 3.8) is 0 Å². The second kappa shape index (κ2) is 6.93. The molecule has 1 heterocycles. The van der Waals surface area contributed by atoms with Crippen molar-refractivity contribution < 1.29 is 0 Å². The van der Waals surface area contributed by atoms with Crippen LogP contribution in [-0.4, -0.2) is 15.7 Å². The Morgan fingerprint density at radius 1 is 1.16 bits per heavy atom. The third-order valence-electron chi connectivity index (χ3n) is 2.45. The second-order valence-corrected chi connectivity index (χ2v) is 6.56. The molecule has 0 unspecified atom stereocenters. The summed E-state index contributed by atoms with van der Waals surface area (Å²) in [5.74, 6) is 2.38. The first kappa shape index (κ1) is 15.1. The standard InChI is InChI=1S/C13H11BrCl2N2S/c1-2-19-7-10-17-12(15)11(13(16)18-10)8-5-3-4-6-9(8)14/h3-6H,2,7H2,1H3. The van der Waals surface area contributed by atoms with Gasteiger partial charge in [-0.2, -0.15) is 11.8 Å². The zero-order valence-electron chi connectivity index (χ0n) is 10.2. The zero-order valence-corrected chi connectivity index (χ0v) is 14.1. The fourth-order valence-electron chi connectivity index (χ4n) is 1.59. The molecule has 0 aliphatic carbocycles. The molecule has 0 N–H and O–H groups in total. The van der Waals surface area contributed by atoms with Gasteiger partial charge in [0.15, 0.2) is 0 Å². The Morgan fingerprint density at radius 3 is 2.37 bits per heavy atom. The number of halogens is 3. The maximum absolute atomic E-state index is 6.25. The van der Waals surface area contributed by atoms with Crippen molar-refractivity contribution in [3.05, 3.63) is 44.9 Å². The molecule has 0 spiro atoms. The largest absolute Gasteiger partial charge is 0.220 e. The van der Waals surface area contributed by atoms with E-state index < -0.39 is 0 Å². The molecule has 0 bridgehead atoms. The van der Waals surface area contributed by atoms with Crippen LogP contribution in [0.3, 0.4) is 0 Å². The van der Waals surface area contributed by atoms with Crippen LogP contribution in [0.4, 0.5) is 0 Å². The molecule has 0 saturated heterocycles. The SMILES string of the molecule is CCSCc1nc(Cl)c(-c2ccccc2Br)c(Cl)n1. The predicted octanol–water partition coefficient (Wildman–Crippen LogP) is 5.47. The van der Waals surface area contributed by atoms with Crippen LogP contribution in [0, 0.1) is 0 Å². The summed E-state index contributed by atoms with van der Waals surface area (Å²) >= 11 is 17.7. The van der Waals surface area contributed by atoms with Gasteiger partial charge in [-0.15, -0.1) is 0 Å². The zero-order chi connectivity index (χ0) is 13.8. The molecule has 6 heteroatoms. The molecule has 0 radical (unpaired) electrons. The monoisotopic (exact) mass is 376 g/mol. The van der Waals surface area contributed by atoms with Crippen LogP contribution in [0.25, 0.3) is 11.1 Å². The molecule has 1 aromatic carbocycles.